The Labute approximate surface area is 174 Å². The molecule has 1 saturated heterocycles. The van der Waals surface area contributed by atoms with Crippen LogP contribution in [0.3, 0.4) is 0 Å². The predicted octanol–water partition coefficient (Wildman–Crippen LogP) is 2.78. The second kappa shape index (κ2) is 10.1. The number of benzene rings is 1. The van der Waals surface area contributed by atoms with E-state index >= 15 is 0 Å². The quantitative estimate of drug-likeness (QED) is 0.763. The SMILES string of the molecule is COc1ccccc1C(=O)N1CCN(C(C(=O)NCC(C)C)C2CCCC2)CC1. The van der Waals surface area contributed by atoms with Gasteiger partial charge in [-0.3, -0.25) is 14.5 Å². The molecular formula is C23H35N3O3. The van der Waals surface area contributed by atoms with Gasteiger partial charge in [0.05, 0.1) is 18.7 Å². The molecule has 1 unspecified atom stereocenters. The first kappa shape index (κ1) is 21.6. The van der Waals surface area contributed by atoms with Crippen LogP contribution in [0.25, 0.3) is 0 Å². The Hall–Kier alpha value is -2.08. The second-order valence-corrected chi connectivity index (χ2v) is 8.66. The molecule has 2 amide bonds. The van der Waals surface area contributed by atoms with Crippen molar-refractivity contribution in [3.8, 4) is 5.75 Å². The number of rotatable bonds is 7. The third kappa shape index (κ3) is 5.30. The van der Waals surface area contributed by atoms with Crippen molar-refractivity contribution in [3.63, 3.8) is 0 Å². The number of piperazine rings is 1. The van der Waals surface area contributed by atoms with Crippen molar-refractivity contribution >= 4 is 11.8 Å². The highest BCUT2D eigenvalue weighted by atomic mass is 16.5. The normalized spacial score (nSPS) is 19.4. The summed E-state index contributed by atoms with van der Waals surface area (Å²) >= 11 is 0. The van der Waals surface area contributed by atoms with Gasteiger partial charge in [0.15, 0.2) is 0 Å². The van der Waals surface area contributed by atoms with Crippen LogP contribution in [0, 0.1) is 11.8 Å². The van der Waals surface area contributed by atoms with Crippen LogP contribution >= 0.6 is 0 Å². The fourth-order valence-corrected chi connectivity index (χ4v) is 4.56. The largest absolute Gasteiger partial charge is 0.496 e. The van der Waals surface area contributed by atoms with Crippen molar-refractivity contribution in [2.24, 2.45) is 11.8 Å². The monoisotopic (exact) mass is 401 g/mol. The van der Waals surface area contributed by atoms with Gasteiger partial charge in [-0.25, -0.2) is 0 Å². The minimum Gasteiger partial charge on any atom is -0.496 e. The lowest BCUT2D eigenvalue weighted by Gasteiger charge is -2.41. The maximum atomic E-state index is 13.0. The first-order chi connectivity index (χ1) is 14.0. The molecule has 2 fully saturated rings. The van der Waals surface area contributed by atoms with E-state index in [9.17, 15) is 9.59 Å². The first-order valence-electron chi connectivity index (χ1n) is 10.9. The number of carbonyl (C=O) groups is 2. The van der Waals surface area contributed by atoms with Crippen molar-refractivity contribution in [1.82, 2.24) is 15.1 Å². The van der Waals surface area contributed by atoms with Crippen LogP contribution in [0.15, 0.2) is 24.3 Å². The third-order valence-corrected chi connectivity index (χ3v) is 6.13. The van der Waals surface area contributed by atoms with Crippen molar-refractivity contribution in [2.75, 3.05) is 39.8 Å². The van der Waals surface area contributed by atoms with E-state index in [0.29, 0.717) is 42.8 Å². The molecule has 0 aromatic heterocycles. The highest BCUT2D eigenvalue weighted by Gasteiger charge is 2.37. The van der Waals surface area contributed by atoms with E-state index in [-0.39, 0.29) is 17.9 Å². The Morgan fingerprint density at radius 2 is 1.76 bits per heavy atom. The van der Waals surface area contributed by atoms with Gasteiger partial charge in [-0.2, -0.15) is 0 Å². The topological polar surface area (TPSA) is 61.9 Å². The lowest BCUT2D eigenvalue weighted by atomic mass is 9.94. The predicted molar refractivity (Wildman–Crippen MR) is 114 cm³/mol. The Bertz CT molecular complexity index is 692. The lowest BCUT2D eigenvalue weighted by Crippen LogP contribution is -2.58. The van der Waals surface area contributed by atoms with Gasteiger partial charge >= 0.3 is 0 Å². The van der Waals surface area contributed by atoms with Crippen LogP contribution in [0.2, 0.25) is 0 Å². The van der Waals surface area contributed by atoms with E-state index in [0.717, 1.165) is 25.9 Å². The summed E-state index contributed by atoms with van der Waals surface area (Å²) in [6.45, 7) is 7.69. The summed E-state index contributed by atoms with van der Waals surface area (Å²) in [6, 6.07) is 7.30. The summed E-state index contributed by atoms with van der Waals surface area (Å²) in [5, 5.41) is 3.15. The molecule has 1 aromatic carbocycles. The molecule has 3 rings (SSSR count). The molecular weight excluding hydrogens is 366 g/mol. The average molecular weight is 402 g/mol. The number of para-hydroxylation sites is 1. The summed E-state index contributed by atoms with van der Waals surface area (Å²) in [5.74, 6) is 1.65. The van der Waals surface area contributed by atoms with E-state index in [4.69, 9.17) is 4.74 Å². The molecule has 6 nitrogen and oxygen atoms in total. The summed E-state index contributed by atoms with van der Waals surface area (Å²) in [6.07, 6.45) is 4.68. The van der Waals surface area contributed by atoms with Gasteiger partial charge in [0.2, 0.25) is 5.91 Å². The molecule has 6 heteroatoms. The van der Waals surface area contributed by atoms with Gasteiger partial charge in [0.25, 0.3) is 5.91 Å². The minimum absolute atomic E-state index is 0.00350. The molecule has 1 N–H and O–H groups in total. The standard InChI is InChI=1S/C23H35N3O3/c1-17(2)16-24-22(27)21(18-8-4-5-9-18)25-12-14-26(15-13-25)23(28)19-10-6-7-11-20(19)29-3/h6-7,10-11,17-18,21H,4-5,8-9,12-16H2,1-3H3,(H,24,27). The average Bonchev–Trinajstić information content (AvgIpc) is 3.26. The zero-order chi connectivity index (χ0) is 20.8. The van der Waals surface area contributed by atoms with Gasteiger partial charge in [0.1, 0.15) is 5.75 Å². The Morgan fingerprint density at radius 3 is 2.38 bits per heavy atom. The van der Waals surface area contributed by atoms with E-state index in [1.54, 1.807) is 7.11 Å². The molecule has 1 aromatic rings. The van der Waals surface area contributed by atoms with Crippen LogP contribution in [-0.4, -0.2) is 67.5 Å². The first-order valence-corrected chi connectivity index (χ1v) is 10.9. The van der Waals surface area contributed by atoms with E-state index in [1.165, 1.54) is 12.8 Å². The van der Waals surface area contributed by atoms with Crippen LogP contribution in [0.5, 0.6) is 5.75 Å². The lowest BCUT2D eigenvalue weighted by molar-refractivity contribution is -0.129. The maximum absolute atomic E-state index is 13.0. The second-order valence-electron chi connectivity index (χ2n) is 8.66. The number of hydrogen-bond acceptors (Lipinski definition) is 4. The number of nitrogens with one attached hydrogen (secondary N) is 1. The maximum Gasteiger partial charge on any atom is 0.257 e. The van der Waals surface area contributed by atoms with Gasteiger partial charge in [-0.05, 0) is 36.8 Å². The zero-order valence-corrected chi connectivity index (χ0v) is 18.0. The van der Waals surface area contributed by atoms with Crippen LogP contribution in [-0.2, 0) is 4.79 Å². The molecule has 1 atom stereocenters. The number of amides is 2. The molecule has 0 radical (unpaired) electrons. The zero-order valence-electron chi connectivity index (χ0n) is 18.0. The molecule has 1 aliphatic heterocycles. The van der Waals surface area contributed by atoms with Crippen molar-refractivity contribution in [1.29, 1.82) is 0 Å². The molecule has 1 aliphatic carbocycles. The molecule has 2 aliphatic rings. The smallest absolute Gasteiger partial charge is 0.257 e. The number of methoxy groups -OCH3 is 1. The van der Waals surface area contributed by atoms with Crippen LogP contribution < -0.4 is 10.1 Å². The molecule has 1 heterocycles. The fourth-order valence-electron chi connectivity index (χ4n) is 4.56. The van der Waals surface area contributed by atoms with Gasteiger partial charge in [-0.1, -0.05) is 38.8 Å². The Balaban J connectivity index is 1.64. The number of hydrogen-bond donors (Lipinski definition) is 1. The van der Waals surface area contributed by atoms with Crippen LogP contribution in [0.1, 0.15) is 49.9 Å². The Kier molecular flexibility index (Phi) is 7.53. The highest BCUT2D eigenvalue weighted by molar-refractivity contribution is 5.97. The van der Waals surface area contributed by atoms with E-state index in [2.05, 4.69) is 24.1 Å². The molecule has 0 bridgehead atoms. The van der Waals surface area contributed by atoms with Gasteiger partial charge in [0, 0.05) is 32.7 Å². The van der Waals surface area contributed by atoms with Crippen molar-refractivity contribution in [3.05, 3.63) is 29.8 Å². The number of nitrogens with zero attached hydrogens (tertiary/aromatic N) is 2. The Morgan fingerprint density at radius 1 is 1.10 bits per heavy atom. The number of ether oxygens (including phenoxy) is 1. The van der Waals surface area contributed by atoms with E-state index in [1.807, 2.05) is 29.2 Å². The van der Waals surface area contributed by atoms with Gasteiger partial charge in [-0.15, -0.1) is 0 Å². The minimum atomic E-state index is -0.0697. The van der Waals surface area contributed by atoms with Crippen LogP contribution in [0.4, 0.5) is 0 Å². The fraction of sp³-hybridized carbons (Fsp3) is 0.652. The third-order valence-electron chi connectivity index (χ3n) is 6.13. The van der Waals surface area contributed by atoms with Gasteiger partial charge < -0.3 is 15.0 Å². The molecule has 29 heavy (non-hydrogen) atoms. The summed E-state index contributed by atoms with van der Waals surface area (Å²) in [4.78, 5) is 30.2. The molecule has 160 valence electrons. The summed E-state index contributed by atoms with van der Waals surface area (Å²) < 4.78 is 5.35. The highest BCUT2D eigenvalue weighted by Crippen LogP contribution is 2.31. The molecule has 1 saturated carbocycles. The summed E-state index contributed by atoms with van der Waals surface area (Å²) in [7, 11) is 1.59. The van der Waals surface area contributed by atoms with E-state index < -0.39 is 0 Å². The van der Waals surface area contributed by atoms with Crippen molar-refractivity contribution in [2.45, 2.75) is 45.6 Å². The number of carbonyl (C=O) groups excluding carboxylic acids is 2. The van der Waals surface area contributed by atoms with Crippen molar-refractivity contribution < 1.29 is 14.3 Å². The summed E-state index contributed by atoms with van der Waals surface area (Å²) in [5.41, 5.74) is 0.602. The molecule has 0 spiro atoms.